The maximum absolute atomic E-state index is 5.05. The number of aromatic nitrogens is 1. The molecule has 0 aliphatic rings. The summed E-state index contributed by atoms with van der Waals surface area (Å²) >= 11 is 5.05. The summed E-state index contributed by atoms with van der Waals surface area (Å²) in [6, 6.07) is 3.70. The third-order valence-corrected chi connectivity index (χ3v) is 1.78. The van der Waals surface area contributed by atoms with Gasteiger partial charge < -0.3 is 15.4 Å². The number of hydrogen-bond donors (Lipinski definition) is 2. The van der Waals surface area contributed by atoms with E-state index in [9.17, 15) is 0 Å². The molecule has 0 saturated heterocycles. The lowest BCUT2D eigenvalue weighted by molar-refractivity contribution is 0.204. The number of methoxy groups -OCH3 is 1. The third kappa shape index (κ3) is 4.15. The second kappa shape index (κ2) is 6.28. The molecule has 0 amide bonds. The van der Waals surface area contributed by atoms with Crippen molar-refractivity contribution in [3.63, 3.8) is 0 Å². The highest BCUT2D eigenvalue weighted by Crippen LogP contribution is 2.02. The molecule has 1 heterocycles. The zero-order chi connectivity index (χ0) is 10.2. The molecule has 4 nitrogen and oxygen atoms in total. The Morgan fingerprint density at radius 3 is 2.86 bits per heavy atom. The zero-order valence-electron chi connectivity index (χ0n) is 7.99. The summed E-state index contributed by atoms with van der Waals surface area (Å²) < 4.78 is 4.88. The number of nitrogens with zero attached hydrogens (tertiary/aromatic N) is 1. The minimum absolute atomic E-state index is 0.591. The molecular weight excluding hydrogens is 198 g/mol. The maximum atomic E-state index is 5.05. The predicted molar refractivity (Wildman–Crippen MR) is 60.3 cm³/mol. The van der Waals surface area contributed by atoms with E-state index in [0.717, 1.165) is 5.69 Å². The molecular formula is C9H13N3OS. The lowest BCUT2D eigenvalue weighted by Crippen LogP contribution is -2.31. The highest BCUT2D eigenvalue weighted by Gasteiger charge is 1.94. The van der Waals surface area contributed by atoms with Crippen LogP contribution in [0.3, 0.4) is 0 Å². The van der Waals surface area contributed by atoms with Gasteiger partial charge in [-0.1, -0.05) is 0 Å². The lowest BCUT2D eigenvalue weighted by atomic mass is 10.4. The van der Waals surface area contributed by atoms with Crippen LogP contribution in [-0.2, 0) is 4.74 Å². The van der Waals surface area contributed by atoms with Gasteiger partial charge in [0.15, 0.2) is 5.11 Å². The van der Waals surface area contributed by atoms with Crippen LogP contribution in [0.15, 0.2) is 24.5 Å². The number of nitrogens with one attached hydrogen (secondary N) is 2. The van der Waals surface area contributed by atoms with E-state index in [0.29, 0.717) is 18.3 Å². The van der Waals surface area contributed by atoms with Gasteiger partial charge in [0.1, 0.15) is 0 Å². The molecule has 0 spiro atoms. The van der Waals surface area contributed by atoms with Gasteiger partial charge in [-0.05, 0) is 24.4 Å². The molecule has 0 radical (unpaired) electrons. The van der Waals surface area contributed by atoms with Crippen LogP contribution in [0.2, 0.25) is 0 Å². The first-order valence-corrected chi connectivity index (χ1v) is 4.67. The van der Waals surface area contributed by atoms with Crippen molar-refractivity contribution in [2.24, 2.45) is 0 Å². The van der Waals surface area contributed by atoms with E-state index in [1.54, 1.807) is 19.5 Å². The molecule has 0 saturated carbocycles. The number of pyridine rings is 1. The van der Waals surface area contributed by atoms with Crippen molar-refractivity contribution in [1.82, 2.24) is 10.3 Å². The summed E-state index contributed by atoms with van der Waals surface area (Å²) in [5, 5.41) is 6.62. The van der Waals surface area contributed by atoms with Crippen molar-refractivity contribution in [2.75, 3.05) is 25.6 Å². The SMILES string of the molecule is COCCNC(=S)Nc1ccncc1. The highest BCUT2D eigenvalue weighted by molar-refractivity contribution is 7.80. The van der Waals surface area contributed by atoms with Crippen molar-refractivity contribution in [3.8, 4) is 0 Å². The van der Waals surface area contributed by atoms with Gasteiger partial charge >= 0.3 is 0 Å². The van der Waals surface area contributed by atoms with E-state index in [2.05, 4.69) is 15.6 Å². The fraction of sp³-hybridized carbons (Fsp3) is 0.333. The maximum Gasteiger partial charge on any atom is 0.170 e. The van der Waals surface area contributed by atoms with Gasteiger partial charge in [0, 0.05) is 31.7 Å². The summed E-state index contributed by atoms with van der Waals surface area (Å²) in [6.07, 6.45) is 3.42. The average molecular weight is 211 g/mol. The summed E-state index contributed by atoms with van der Waals surface area (Å²) in [5.41, 5.74) is 0.926. The Bertz CT molecular complexity index is 279. The van der Waals surface area contributed by atoms with Crippen molar-refractivity contribution in [3.05, 3.63) is 24.5 Å². The van der Waals surface area contributed by atoms with Crippen molar-refractivity contribution < 1.29 is 4.74 Å². The fourth-order valence-electron chi connectivity index (χ4n) is 0.877. The molecule has 1 rings (SSSR count). The summed E-state index contributed by atoms with van der Waals surface area (Å²) in [4.78, 5) is 3.90. The molecule has 0 aliphatic heterocycles. The standard InChI is InChI=1S/C9H13N3OS/c1-13-7-6-11-9(14)12-8-2-4-10-5-3-8/h2-5H,6-7H2,1H3,(H2,10,11,12,14). The topological polar surface area (TPSA) is 46.2 Å². The summed E-state index contributed by atoms with van der Waals surface area (Å²) in [7, 11) is 1.65. The van der Waals surface area contributed by atoms with Gasteiger partial charge in [0.25, 0.3) is 0 Å². The van der Waals surface area contributed by atoms with Gasteiger partial charge in [-0.25, -0.2) is 0 Å². The normalized spacial score (nSPS) is 9.50. The largest absolute Gasteiger partial charge is 0.383 e. The number of anilines is 1. The Labute approximate surface area is 88.7 Å². The van der Waals surface area contributed by atoms with E-state index in [-0.39, 0.29) is 0 Å². The quantitative estimate of drug-likeness (QED) is 0.575. The van der Waals surface area contributed by atoms with Crippen LogP contribution >= 0.6 is 12.2 Å². The molecule has 0 atom stereocenters. The Morgan fingerprint density at radius 1 is 1.50 bits per heavy atom. The molecule has 1 aromatic rings. The molecule has 0 unspecified atom stereocenters. The van der Waals surface area contributed by atoms with Crippen molar-refractivity contribution in [2.45, 2.75) is 0 Å². The van der Waals surface area contributed by atoms with Crippen LogP contribution in [0.1, 0.15) is 0 Å². The van der Waals surface area contributed by atoms with Crippen LogP contribution in [0.25, 0.3) is 0 Å². The molecule has 0 aromatic carbocycles. The first-order chi connectivity index (χ1) is 6.83. The highest BCUT2D eigenvalue weighted by atomic mass is 32.1. The van der Waals surface area contributed by atoms with Crippen LogP contribution in [-0.4, -0.2) is 30.4 Å². The third-order valence-electron chi connectivity index (χ3n) is 1.53. The molecule has 14 heavy (non-hydrogen) atoms. The Balaban J connectivity index is 2.27. The first-order valence-electron chi connectivity index (χ1n) is 4.27. The van der Waals surface area contributed by atoms with Gasteiger partial charge in [-0.3, -0.25) is 4.98 Å². The lowest BCUT2D eigenvalue weighted by Gasteiger charge is -2.09. The molecule has 1 aromatic heterocycles. The van der Waals surface area contributed by atoms with E-state index < -0.39 is 0 Å². The van der Waals surface area contributed by atoms with E-state index in [4.69, 9.17) is 17.0 Å². The van der Waals surface area contributed by atoms with Gasteiger partial charge in [-0.2, -0.15) is 0 Å². The predicted octanol–water partition coefficient (Wildman–Crippen LogP) is 1.01. The molecule has 2 N–H and O–H groups in total. The van der Waals surface area contributed by atoms with Gasteiger partial charge in [0.2, 0.25) is 0 Å². The minimum Gasteiger partial charge on any atom is -0.383 e. The van der Waals surface area contributed by atoms with Crippen LogP contribution < -0.4 is 10.6 Å². The van der Waals surface area contributed by atoms with Crippen molar-refractivity contribution in [1.29, 1.82) is 0 Å². The molecule has 76 valence electrons. The second-order valence-electron chi connectivity index (χ2n) is 2.61. The number of hydrogen-bond acceptors (Lipinski definition) is 3. The summed E-state index contributed by atoms with van der Waals surface area (Å²) in [5.74, 6) is 0. The minimum atomic E-state index is 0.591. The molecule has 0 fully saturated rings. The monoisotopic (exact) mass is 211 g/mol. The number of rotatable bonds is 4. The first kappa shape index (κ1) is 10.9. The molecule has 0 aliphatic carbocycles. The number of thiocarbonyl (C=S) groups is 1. The van der Waals surface area contributed by atoms with E-state index >= 15 is 0 Å². The summed E-state index contributed by atoms with van der Waals surface area (Å²) in [6.45, 7) is 1.34. The van der Waals surface area contributed by atoms with E-state index in [1.807, 2.05) is 12.1 Å². The van der Waals surface area contributed by atoms with Crippen molar-refractivity contribution >= 4 is 23.0 Å². The smallest absolute Gasteiger partial charge is 0.170 e. The Hall–Kier alpha value is -1.20. The fourth-order valence-corrected chi connectivity index (χ4v) is 1.10. The van der Waals surface area contributed by atoms with Crippen LogP contribution in [0.5, 0.6) is 0 Å². The molecule has 0 bridgehead atoms. The number of ether oxygens (including phenoxy) is 1. The zero-order valence-corrected chi connectivity index (χ0v) is 8.80. The Morgan fingerprint density at radius 2 is 2.21 bits per heavy atom. The molecule has 5 heteroatoms. The second-order valence-corrected chi connectivity index (χ2v) is 3.02. The average Bonchev–Trinajstić information content (AvgIpc) is 2.20. The van der Waals surface area contributed by atoms with E-state index in [1.165, 1.54) is 0 Å². The van der Waals surface area contributed by atoms with Gasteiger partial charge in [-0.15, -0.1) is 0 Å². The van der Waals surface area contributed by atoms with Gasteiger partial charge in [0.05, 0.1) is 6.61 Å². The van der Waals surface area contributed by atoms with Crippen LogP contribution in [0, 0.1) is 0 Å². The Kier molecular flexibility index (Phi) is 4.88. The van der Waals surface area contributed by atoms with Crippen LogP contribution in [0.4, 0.5) is 5.69 Å².